The zero-order valence-corrected chi connectivity index (χ0v) is 6.77. The molecule has 0 bridgehead atoms. The van der Waals surface area contributed by atoms with E-state index in [0.29, 0.717) is 0 Å². The molecule has 1 heterocycles. The van der Waals surface area contributed by atoms with E-state index >= 15 is 0 Å². The van der Waals surface area contributed by atoms with Crippen LogP contribution in [0.1, 0.15) is 32.6 Å². The Labute approximate surface area is 63.2 Å². The minimum atomic E-state index is 0.884. The highest BCUT2D eigenvalue weighted by Gasteiger charge is 2.34. The number of hydrogen-bond donors (Lipinski definition) is 1. The summed E-state index contributed by atoms with van der Waals surface area (Å²) in [6, 6.07) is 0.884. The van der Waals surface area contributed by atoms with Gasteiger partial charge in [0.15, 0.2) is 0 Å². The first-order chi connectivity index (χ1) is 4.86. The summed E-state index contributed by atoms with van der Waals surface area (Å²) in [4.78, 5) is 0. The van der Waals surface area contributed by atoms with Gasteiger partial charge >= 0.3 is 0 Å². The normalized spacial score (nSPS) is 45.9. The molecule has 3 unspecified atom stereocenters. The SMILES string of the molecule is CC1CC1CC1CCCN1. The van der Waals surface area contributed by atoms with E-state index in [9.17, 15) is 0 Å². The van der Waals surface area contributed by atoms with Gasteiger partial charge in [0.25, 0.3) is 0 Å². The highest BCUT2D eigenvalue weighted by atomic mass is 14.9. The molecule has 0 spiro atoms. The summed E-state index contributed by atoms with van der Waals surface area (Å²) in [5.74, 6) is 2.12. The second-order valence-electron chi connectivity index (χ2n) is 4.00. The van der Waals surface area contributed by atoms with Crippen LogP contribution in [0.2, 0.25) is 0 Å². The second kappa shape index (κ2) is 2.54. The highest BCUT2D eigenvalue weighted by Crippen LogP contribution is 2.42. The molecule has 1 aliphatic heterocycles. The van der Waals surface area contributed by atoms with E-state index in [-0.39, 0.29) is 0 Å². The highest BCUT2D eigenvalue weighted by molar-refractivity contribution is 4.88. The lowest BCUT2D eigenvalue weighted by Crippen LogP contribution is -2.21. The molecular formula is C9H17N. The fourth-order valence-corrected chi connectivity index (χ4v) is 2.05. The van der Waals surface area contributed by atoms with Crippen LogP contribution in [0.3, 0.4) is 0 Å². The minimum Gasteiger partial charge on any atom is -0.314 e. The number of nitrogens with one attached hydrogen (secondary N) is 1. The number of rotatable bonds is 2. The molecule has 0 amide bonds. The van der Waals surface area contributed by atoms with Gasteiger partial charge < -0.3 is 5.32 Å². The van der Waals surface area contributed by atoms with Crippen molar-refractivity contribution in [1.29, 1.82) is 0 Å². The second-order valence-corrected chi connectivity index (χ2v) is 4.00. The van der Waals surface area contributed by atoms with Crippen LogP contribution < -0.4 is 5.32 Å². The van der Waals surface area contributed by atoms with Crippen LogP contribution in [0.15, 0.2) is 0 Å². The molecule has 0 aromatic rings. The Balaban J connectivity index is 1.70. The van der Waals surface area contributed by atoms with Gasteiger partial charge in [0.1, 0.15) is 0 Å². The average Bonchev–Trinajstić information content (AvgIpc) is 2.48. The van der Waals surface area contributed by atoms with Gasteiger partial charge in [0, 0.05) is 6.04 Å². The average molecular weight is 139 g/mol. The Hall–Kier alpha value is -0.0400. The van der Waals surface area contributed by atoms with E-state index < -0.39 is 0 Å². The largest absolute Gasteiger partial charge is 0.314 e. The van der Waals surface area contributed by atoms with Crippen molar-refractivity contribution < 1.29 is 0 Å². The Morgan fingerprint density at radius 1 is 1.50 bits per heavy atom. The molecule has 0 aromatic carbocycles. The third kappa shape index (κ3) is 1.34. The molecular weight excluding hydrogens is 122 g/mol. The van der Waals surface area contributed by atoms with Gasteiger partial charge in [-0.25, -0.2) is 0 Å². The van der Waals surface area contributed by atoms with Gasteiger partial charge in [-0.1, -0.05) is 6.92 Å². The maximum absolute atomic E-state index is 3.55. The zero-order valence-electron chi connectivity index (χ0n) is 6.77. The van der Waals surface area contributed by atoms with Gasteiger partial charge in [-0.15, -0.1) is 0 Å². The smallest absolute Gasteiger partial charge is 0.00702 e. The van der Waals surface area contributed by atoms with E-state index in [1.165, 1.54) is 32.2 Å². The summed E-state index contributed by atoms with van der Waals surface area (Å²) in [7, 11) is 0. The van der Waals surface area contributed by atoms with E-state index in [0.717, 1.165) is 17.9 Å². The van der Waals surface area contributed by atoms with Gasteiger partial charge in [-0.3, -0.25) is 0 Å². The fraction of sp³-hybridized carbons (Fsp3) is 1.00. The minimum absolute atomic E-state index is 0.884. The van der Waals surface area contributed by atoms with E-state index in [2.05, 4.69) is 12.2 Å². The topological polar surface area (TPSA) is 12.0 Å². The number of hydrogen-bond acceptors (Lipinski definition) is 1. The molecule has 1 nitrogen and oxygen atoms in total. The lowest BCUT2D eigenvalue weighted by Gasteiger charge is -2.07. The maximum Gasteiger partial charge on any atom is 0.00702 e. The molecule has 2 aliphatic rings. The Bertz CT molecular complexity index is 116. The Morgan fingerprint density at radius 3 is 2.80 bits per heavy atom. The van der Waals surface area contributed by atoms with E-state index in [4.69, 9.17) is 0 Å². The van der Waals surface area contributed by atoms with E-state index in [1.807, 2.05) is 0 Å². The third-order valence-electron chi connectivity index (χ3n) is 3.03. The van der Waals surface area contributed by atoms with Crippen molar-refractivity contribution in [1.82, 2.24) is 5.32 Å². The molecule has 58 valence electrons. The van der Waals surface area contributed by atoms with Crippen molar-refractivity contribution in [2.75, 3.05) is 6.54 Å². The first kappa shape index (κ1) is 6.66. The van der Waals surface area contributed by atoms with Crippen molar-refractivity contribution in [3.8, 4) is 0 Å². The zero-order chi connectivity index (χ0) is 6.97. The summed E-state index contributed by atoms with van der Waals surface area (Å²) in [5, 5.41) is 3.55. The van der Waals surface area contributed by atoms with Crippen LogP contribution in [0.25, 0.3) is 0 Å². The maximum atomic E-state index is 3.55. The molecule has 1 saturated heterocycles. The quantitative estimate of drug-likeness (QED) is 0.615. The lowest BCUT2D eigenvalue weighted by molar-refractivity contribution is 0.508. The molecule has 2 fully saturated rings. The molecule has 2 rings (SSSR count). The molecule has 1 heteroatoms. The summed E-state index contributed by atoms with van der Waals surface area (Å²) >= 11 is 0. The third-order valence-corrected chi connectivity index (χ3v) is 3.03. The van der Waals surface area contributed by atoms with Crippen molar-refractivity contribution in [3.63, 3.8) is 0 Å². The van der Waals surface area contributed by atoms with Crippen LogP contribution in [-0.2, 0) is 0 Å². The van der Waals surface area contributed by atoms with Crippen molar-refractivity contribution in [2.24, 2.45) is 11.8 Å². The predicted octanol–water partition coefficient (Wildman–Crippen LogP) is 1.78. The molecule has 1 N–H and O–H groups in total. The molecule has 3 atom stereocenters. The molecule has 0 radical (unpaired) electrons. The van der Waals surface area contributed by atoms with E-state index in [1.54, 1.807) is 0 Å². The summed E-state index contributed by atoms with van der Waals surface area (Å²) in [6.45, 7) is 3.64. The van der Waals surface area contributed by atoms with Crippen LogP contribution >= 0.6 is 0 Å². The monoisotopic (exact) mass is 139 g/mol. The molecule has 1 aliphatic carbocycles. The molecule has 0 aromatic heterocycles. The van der Waals surface area contributed by atoms with Crippen molar-refractivity contribution in [3.05, 3.63) is 0 Å². The van der Waals surface area contributed by atoms with Gasteiger partial charge in [-0.05, 0) is 44.1 Å². The van der Waals surface area contributed by atoms with Crippen LogP contribution in [0.4, 0.5) is 0 Å². The van der Waals surface area contributed by atoms with Crippen molar-refractivity contribution >= 4 is 0 Å². The molecule has 10 heavy (non-hydrogen) atoms. The Morgan fingerprint density at radius 2 is 2.30 bits per heavy atom. The van der Waals surface area contributed by atoms with Crippen molar-refractivity contribution in [2.45, 2.75) is 38.6 Å². The van der Waals surface area contributed by atoms with Crippen LogP contribution in [-0.4, -0.2) is 12.6 Å². The standard InChI is InChI=1S/C9H17N/c1-7-5-8(7)6-9-3-2-4-10-9/h7-10H,2-6H2,1H3. The first-order valence-corrected chi connectivity index (χ1v) is 4.59. The summed E-state index contributed by atoms with van der Waals surface area (Å²) in [5.41, 5.74) is 0. The van der Waals surface area contributed by atoms with Gasteiger partial charge in [0.2, 0.25) is 0 Å². The summed E-state index contributed by atoms with van der Waals surface area (Å²) in [6.07, 6.45) is 5.80. The Kier molecular flexibility index (Phi) is 1.69. The predicted molar refractivity (Wildman–Crippen MR) is 42.9 cm³/mol. The van der Waals surface area contributed by atoms with Crippen LogP contribution in [0, 0.1) is 11.8 Å². The van der Waals surface area contributed by atoms with Gasteiger partial charge in [-0.2, -0.15) is 0 Å². The summed E-state index contributed by atoms with van der Waals surface area (Å²) < 4.78 is 0. The first-order valence-electron chi connectivity index (χ1n) is 4.59. The van der Waals surface area contributed by atoms with Crippen LogP contribution in [0.5, 0.6) is 0 Å². The van der Waals surface area contributed by atoms with Gasteiger partial charge in [0.05, 0.1) is 0 Å². The molecule has 1 saturated carbocycles. The fourth-order valence-electron chi connectivity index (χ4n) is 2.05. The lowest BCUT2D eigenvalue weighted by atomic mass is 10.1.